The smallest absolute Gasteiger partial charge is 0.0920 e. The highest BCUT2D eigenvalue weighted by atomic mass is 16.6. The van der Waals surface area contributed by atoms with Crippen LogP contribution in [0.25, 0.3) is 0 Å². The van der Waals surface area contributed by atoms with Crippen LogP contribution in [0.3, 0.4) is 0 Å². The van der Waals surface area contributed by atoms with Gasteiger partial charge >= 0.3 is 0 Å². The number of epoxide rings is 1. The largest absolute Gasteiger partial charge is 0.366 e. The van der Waals surface area contributed by atoms with Gasteiger partial charge in [-0.2, -0.15) is 0 Å². The van der Waals surface area contributed by atoms with Crippen LogP contribution in [0.4, 0.5) is 0 Å². The molecule has 1 saturated heterocycles. The zero-order chi connectivity index (χ0) is 13.0. The summed E-state index contributed by atoms with van der Waals surface area (Å²) >= 11 is 0. The first-order chi connectivity index (χ1) is 8.68. The molecule has 1 aliphatic carbocycles. The molecule has 0 aromatic carbocycles. The molecular weight excluding hydrogens is 220 g/mol. The van der Waals surface area contributed by atoms with Crippen molar-refractivity contribution in [3.63, 3.8) is 0 Å². The van der Waals surface area contributed by atoms with Crippen LogP contribution in [-0.2, 0) is 4.74 Å². The highest BCUT2D eigenvalue weighted by molar-refractivity contribution is 5.03. The van der Waals surface area contributed by atoms with E-state index in [4.69, 9.17) is 4.74 Å². The third kappa shape index (κ3) is 3.73. The van der Waals surface area contributed by atoms with Gasteiger partial charge in [0.2, 0.25) is 0 Å². The Kier molecular flexibility index (Phi) is 5.12. The maximum atomic E-state index is 5.80. The van der Waals surface area contributed by atoms with Crippen LogP contribution in [0.5, 0.6) is 0 Å². The van der Waals surface area contributed by atoms with Crippen LogP contribution < -0.4 is 0 Å². The second-order valence-electron chi connectivity index (χ2n) is 6.91. The number of hydrogen-bond donors (Lipinski definition) is 0. The monoisotopic (exact) mass is 252 g/mol. The lowest BCUT2D eigenvalue weighted by Crippen LogP contribution is -2.21. The van der Waals surface area contributed by atoms with Crippen molar-refractivity contribution in [1.29, 1.82) is 0 Å². The molecule has 1 heterocycles. The number of ether oxygens (including phenoxy) is 1. The number of unbranched alkanes of at least 4 members (excludes halogenated alkanes) is 1. The van der Waals surface area contributed by atoms with Gasteiger partial charge in [-0.3, -0.25) is 0 Å². The van der Waals surface area contributed by atoms with Gasteiger partial charge in [-0.1, -0.05) is 58.8 Å². The van der Waals surface area contributed by atoms with E-state index in [9.17, 15) is 0 Å². The van der Waals surface area contributed by atoms with Crippen molar-refractivity contribution in [2.75, 3.05) is 0 Å². The van der Waals surface area contributed by atoms with Crippen molar-refractivity contribution in [1.82, 2.24) is 0 Å². The molecule has 1 aliphatic heterocycles. The zero-order valence-corrected chi connectivity index (χ0v) is 12.7. The lowest BCUT2D eigenvalue weighted by atomic mass is 9.80. The number of hydrogen-bond acceptors (Lipinski definition) is 1. The van der Waals surface area contributed by atoms with E-state index in [0.717, 1.165) is 11.8 Å². The zero-order valence-electron chi connectivity index (χ0n) is 12.7. The van der Waals surface area contributed by atoms with Crippen molar-refractivity contribution < 1.29 is 4.74 Å². The standard InChI is InChI=1S/C17H32O/c1-4-6-8-14(5-2)9-7-10-15-11-12-17(3)16(13-15)18-17/h14-16H,4-13H2,1-3H3. The Labute approximate surface area is 114 Å². The lowest BCUT2D eigenvalue weighted by Gasteiger charge is -2.23. The maximum Gasteiger partial charge on any atom is 0.0920 e. The first-order valence-corrected chi connectivity index (χ1v) is 8.35. The molecule has 1 saturated carbocycles. The fourth-order valence-electron chi connectivity index (χ4n) is 3.72. The normalized spacial score (nSPS) is 36.2. The molecular formula is C17H32O. The molecule has 2 rings (SSSR count). The van der Waals surface area contributed by atoms with E-state index in [2.05, 4.69) is 20.8 Å². The summed E-state index contributed by atoms with van der Waals surface area (Å²) in [6.45, 7) is 6.97. The molecule has 0 radical (unpaired) electrons. The quantitative estimate of drug-likeness (QED) is 0.532. The van der Waals surface area contributed by atoms with Crippen molar-refractivity contribution in [3.8, 4) is 0 Å². The SMILES string of the molecule is CCCCC(CC)CCCC1CCC2(C)OC2C1. The van der Waals surface area contributed by atoms with E-state index >= 15 is 0 Å². The molecule has 0 amide bonds. The summed E-state index contributed by atoms with van der Waals surface area (Å²) < 4.78 is 5.80. The Hall–Kier alpha value is -0.0400. The molecule has 4 unspecified atom stereocenters. The van der Waals surface area contributed by atoms with Crippen molar-refractivity contribution in [2.45, 2.75) is 96.7 Å². The third-order valence-corrected chi connectivity index (χ3v) is 5.40. The lowest BCUT2D eigenvalue weighted by molar-refractivity contribution is 0.294. The van der Waals surface area contributed by atoms with Gasteiger partial charge in [0.15, 0.2) is 0 Å². The topological polar surface area (TPSA) is 12.5 Å². The molecule has 2 aliphatic rings. The summed E-state index contributed by atoms with van der Waals surface area (Å²) in [5.41, 5.74) is 0.309. The maximum absolute atomic E-state index is 5.80. The van der Waals surface area contributed by atoms with Gasteiger partial charge in [-0.15, -0.1) is 0 Å². The minimum absolute atomic E-state index is 0.309. The van der Waals surface area contributed by atoms with E-state index in [1.165, 1.54) is 64.2 Å². The molecule has 1 nitrogen and oxygen atoms in total. The van der Waals surface area contributed by atoms with Crippen LogP contribution in [0.15, 0.2) is 0 Å². The highest BCUT2D eigenvalue weighted by Gasteiger charge is 2.54. The van der Waals surface area contributed by atoms with E-state index in [1.807, 2.05) is 0 Å². The first-order valence-electron chi connectivity index (χ1n) is 8.35. The van der Waals surface area contributed by atoms with Crippen LogP contribution >= 0.6 is 0 Å². The van der Waals surface area contributed by atoms with Gasteiger partial charge in [0, 0.05) is 0 Å². The molecule has 106 valence electrons. The Balaban J connectivity index is 1.57. The average molecular weight is 252 g/mol. The molecule has 0 spiro atoms. The highest BCUT2D eigenvalue weighted by Crippen LogP contribution is 2.50. The molecule has 0 bridgehead atoms. The van der Waals surface area contributed by atoms with E-state index in [-0.39, 0.29) is 0 Å². The summed E-state index contributed by atoms with van der Waals surface area (Å²) in [5, 5.41) is 0. The first kappa shape index (κ1) is 14.4. The summed E-state index contributed by atoms with van der Waals surface area (Å²) in [6.07, 6.45) is 14.7. The minimum Gasteiger partial charge on any atom is -0.366 e. The van der Waals surface area contributed by atoms with E-state index in [0.29, 0.717) is 11.7 Å². The Morgan fingerprint density at radius 2 is 2.00 bits per heavy atom. The summed E-state index contributed by atoms with van der Waals surface area (Å²) in [7, 11) is 0. The Bertz CT molecular complexity index is 250. The Morgan fingerprint density at radius 3 is 2.67 bits per heavy atom. The summed E-state index contributed by atoms with van der Waals surface area (Å²) in [6, 6.07) is 0. The summed E-state index contributed by atoms with van der Waals surface area (Å²) in [4.78, 5) is 0. The van der Waals surface area contributed by atoms with Crippen molar-refractivity contribution >= 4 is 0 Å². The molecule has 0 aromatic rings. The van der Waals surface area contributed by atoms with E-state index in [1.54, 1.807) is 0 Å². The van der Waals surface area contributed by atoms with Crippen molar-refractivity contribution in [3.05, 3.63) is 0 Å². The minimum atomic E-state index is 0.309. The number of rotatable bonds is 8. The third-order valence-electron chi connectivity index (χ3n) is 5.40. The van der Waals surface area contributed by atoms with Gasteiger partial charge in [0.1, 0.15) is 0 Å². The molecule has 2 fully saturated rings. The van der Waals surface area contributed by atoms with Gasteiger partial charge in [-0.05, 0) is 38.0 Å². The molecule has 1 heteroatoms. The predicted octanol–water partition coefficient (Wildman–Crippen LogP) is 5.33. The van der Waals surface area contributed by atoms with Crippen LogP contribution in [0, 0.1) is 11.8 Å². The van der Waals surface area contributed by atoms with Gasteiger partial charge in [0.05, 0.1) is 11.7 Å². The molecule has 18 heavy (non-hydrogen) atoms. The van der Waals surface area contributed by atoms with Gasteiger partial charge in [-0.25, -0.2) is 0 Å². The molecule has 4 atom stereocenters. The van der Waals surface area contributed by atoms with E-state index < -0.39 is 0 Å². The fourth-order valence-corrected chi connectivity index (χ4v) is 3.72. The van der Waals surface area contributed by atoms with Gasteiger partial charge < -0.3 is 4.74 Å². The number of fused-ring (bicyclic) bond motifs is 1. The average Bonchev–Trinajstić information content (AvgIpc) is 3.04. The summed E-state index contributed by atoms with van der Waals surface area (Å²) in [5.74, 6) is 1.96. The second-order valence-corrected chi connectivity index (χ2v) is 6.91. The second kappa shape index (κ2) is 6.41. The Morgan fingerprint density at radius 1 is 1.22 bits per heavy atom. The van der Waals surface area contributed by atoms with Crippen LogP contribution in [0.2, 0.25) is 0 Å². The fraction of sp³-hybridized carbons (Fsp3) is 1.00. The van der Waals surface area contributed by atoms with Crippen LogP contribution in [-0.4, -0.2) is 11.7 Å². The van der Waals surface area contributed by atoms with Crippen LogP contribution in [0.1, 0.15) is 85.0 Å². The molecule has 0 N–H and O–H groups in total. The molecule has 0 aromatic heterocycles. The van der Waals surface area contributed by atoms with Crippen molar-refractivity contribution in [2.24, 2.45) is 11.8 Å². The predicted molar refractivity (Wildman–Crippen MR) is 77.8 cm³/mol. The van der Waals surface area contributed by atoms with Gasteiger partial charge in [0.25, 0.3) is 0 Å².